The molecule has 0 bridgehead atoms. The van der Waals surface area contributed by atoms with Crippen molar-refractivity contribution in [3.05, 3.63) is 54.1 Å². The number of nitrogens with zero attached hydrogens (tertiary/aromatic N) is 1. The van der Waals surface area contributed by atoms with E-state index in [2.05, 4.69) is 5.32 Å². The van der Waals surface area contributed by atoms with E-state index >= 15 is 0 Å². The molecule has 0 aliphatic carbocycles. The molecule has 1 N–H and O–H groups in total. The van der Waals surface area contributed by atoms with Crippen molar-refractivity contribution in [3.63, 3.8) is 0 Å². The monoisotopic (exact) mass is 420 g/mol. The number of Topliss-reactive ketones (excluding diaryl/α,β-unsaturated/α-hetero) is 1. The number of nitrogens with one attached hydrogen (secondary N) is 1. The van der Waals surface area contributed by atoms with E-state index in [1.807, 2.05) is 0 Å². The van der Waals surface area contributed by atoms with Crippen molar-refractivity contribution < 1.29 is 32.3 Å². The molecule has 6 nitrogen and oxygen atoms in total. The fourth-order valence-corrected chi connectivity index (χ4v) is 3.15. The van der Waals surface area contributed by atoms with E-state index in [4.69, 9.17) is 4.74 Å². The molecule has 2 aromatic rings. The normalized spacial score (nSPS) is 16.3. The van der Waals surface area contributed by atoms with Gasteiger partial charge in [-0.25, -0.2) is 0 Å². The topological polar surface area (TPSA) is 75.7 Å². The number of alkyl halides is 3. The second kappa shape index (κ2) is 8.56. The summed E-state index contributed by atoms with van der Waals surface area (Å²) in [5.74, 6) is -1.62. The molecule has 2 aromatic carbocycles. The Labute approximate surface area is 170 Å². The number of carbonyl (C=O) groups excluding carboxylic acids is 3. The number of ether oxygens (including phenoxy) is 1. The maximum atomic E-state index is 13.7. The van der Waals surface area contributed by atoms with Gasteiger partial charge in [-0.2, -0.15) is 13.2 Å². The van der Waals surface area contributed by atoms with Crippen LogP contribution in [0.3, 0.4) is 0 Å². The fourth-order valence-electron chi connectivity index (χ4n) is 3.15. The molecule has 0 fully saturated rings. The van der Waals surface area contributed by atoms with E-state index in [1.165, 1.54) is 42.5 Å². The van der Waals surface area contributed by atoms with Gasteiger partial charge in [-0.15, -0.1) is 0 Å². The third-order valence-electron chi connectivity index (χ3n) is 4.63. The smallest absolute Gasteiger partial charge is 0.409 e. The second-order valence-electron chi connectivity index (χ2n) is 6.68. The number of amides is 2. The van der Waals surface area contributed by atoms with Crippen LogP contribution in [0.4, 0.5) is 24.5 Å². The molecule has 0 radical (unpaired) electrons. The molecule has 3 rings (SSSR count). The van der Waals surface area contributed by atoms with Crippen LogP contribution in [0.25, 0.3) is 0 Å². The zero-order valence-corrected chi connectivity index (χ0v) is 16.0. The summed E-state index contributed by atoms with van der Waals surface area (Å²) in [6.07, 6.45) is -5.40. The van der Waals surface area contributed by atoms with Crippen molar-refractivity contribution in [1.82, 2.24) is 0 Å². The molecule has 0 saturated heterocycles. The van der Waals surface area contributed by atoms with Gasteiger partial charge in [0.25, 0.3) is 5.91 Å². The molecule has 1 aliphatic rings. The third-order valence-corrected chi connectivity index (χ3v) is 4.63. The van der Waals surface area contributed by atoms with Crippen LogP contribution in [0.2, 0.25) is 0 Å². The average molecular weight is 420 g/mol. The summed E-state index contributed by atoms with van der Waals surface area (Å²) in [5.41, 5.74) is 0.535. The van der Waals surface area contributed by atoms with Crippen LogP contribution in [0.5, 0.6) is 5.75 Å². The molecule has 30 heavy (non-hydrogen) atoms. The number of hydrogen-bond donors (Lipinski definition) is 1. The summed E-state index contributed by atoms with van der Waals surface area (Å²) in [6, 6.07) is 9.46. The summed E-state index contributed by atoms with van der Waals surface area (Å²) in [4.78, 5) is 37.0. The van der Waals surface area contributed by atoms with E-state index in [-0.39, 0.29) is 22.9 Å². The predicted octanol–water partition coefficient (Wildman–Crippen LogP) is 3.96. The van der Waals surface area contributed by atoms with Crippen molar-refractivity contribution in [2.24, 2.45) is 0 Å². The molecular formula is C21H19F3N2O4. The number of halogens is 3. The number of ketones is 1. The van der Waals surface area contributed by atoms with Crippen molar-refractivity contribution in [2.75, 3.05) is 16.8 Å². The van der Waals surface area contributed by atoms with Gasteiger partial charge < -0.3 is 10.1 Å². The Hall–Kier alpha value is -3.36. The van der Waals surface area contributed by atoms with Crippen LogP contribution in [0.1, 0.15) is 30.1 Å². The fraction of sp³-hybridized carbons (Fsp3) is 0.286. The molecule has 2 amide bonds. The van der Waals surface area contributed by atoms with Crippen LogP contribution in [-0.4, -0.2) is 36.4 Å². The minimum Gasteiger partial charge on any atom is -0.484 e. The highest BCUT2D eigenvalue weighted by molar-refractivity contribution is 6.05. The SMILES string of the molecule is CCC(=O)c1ccc(OCC(=O)N2c3ccccc3NC(=O)CC2C(F)(F)F)cc1. The first-order valence-corrected chi connectivity index (χ1v) is 9.24. The zero-order chi connectivity index (χ0) is 21.9. The Morgan fingerprint density at radius 2 is 1.80 bits per heavy atom. The number of rotatable bonds is 5. The Morgan fingerprint density at radius 1 is 1.13 bits per heavy atom. The van der Waals surface area contributed by atoms with Crippen molar-refractivity contribution in [1.29, 1.82) is 0 Å². The molecule has 0 saturated carbocycles. The zero-order valence-electron chi connectivity index (χ0n) is 16.0. The van der Waals surface area contributed by atoms with Gasteiger partial charge in [-0.05, 0) is 36.4 Å². The number of fused-ring (bicyclic) bond motifs is 1. The lowest BCUT2D eigenvalue weighted by Gasteiger charge is -2.31. The van der Waals surface area contributed by atoms with Crippen LogP contribution in [0.15, 0.2) is 48.5 Å². The second-order valence-corrected chi connectivity index (χ2v) is 6.68. The lowest BCUT2D eigenvalue weighted by atomic mass is 10.1. The Bertz CT molecular complexity index is 957. The van der Waals surface area contributed by atoms with Gasteiger partial charge in [-0.3, -0.25) is 19.3 Å². The number of anilines is 2. The van der Waals surface area contributed by atoms with E-state index in [0.29, 0.717) is 16.9 Å². The van der Waals surface area contributed by atoms with Crippen LogP contribution in [-0.2, 0) is 9.59 Å². The lowest BCUT2D eigenvalue weighted by molar-refractivity contribution is -0.158. The first-order chi connectivity index (χ1) is 14.2. The number of para-hydroxylation sites is 2. The highest BCUT2D eigenvalue weighted by Gasteiger charge is 2.49. The maximum absolute atomic E-state index is 13.7. The average Bonchev–Trinajstić information content (AvgIpc) is 2.87. The molecule has 0 aromatic heterocycles. The number of carbonyl (C=O) groups is 3. The van der Waals surface area contributed by atoms with E-state index in [9.17, 15) is 27.6 Å². The van der Waals surface area contributed by atoms with Crippen molar-refractivity contribution in [2.45, 2.75) is 32.0 Å². The summed E-state index contributed by atoms with van der Waals surface area (Å²) in [5, 5.41) is 2.40. The van der Waals surface area contributed by atoms with Crippen LogP contribution < -0.4 is 15.0 Å². The number of benzene rings is 2. The minimum absolute atomic E-state index is 0.0526. The quantitative estimate of drug-likeness (QED) is 0.743. The summed E-state index contributed by atoms with van der Waals surface area (Å²) in [6.45, 7) is 1.05. The van der Waals surface area contributed by atoms with Gasteiger partial charge in [0.2, 0.25) is 5.91 Å². The third kappa shape index (κ3) is 4.61. The highest BCUT2D eigenvalue weighted by Crippen LogP contribution is 2.37. The Morgan fingerprint density at radius 3 is 2.43 bits per heavy atom. The van der Waals surface area contributed by atoms with Gasteiger partial charge >= 0.3 is 6.18 Å². The first kappa shape index (κ1) is 21.4. The van der Waals surface area contributed by atoms with E-state index in [0.717, 1.165) is 0 Å². The molecule has 1 heterocycles. The summed E-state index contributed by atoms with van der Waals surface area (Å²) in [7, 11) is 0. The van der Waals surface area contributed by atoms with Crippen LogP contribution in [0, 0.1) is 0 Å². The Kier molecular flexibility index (Phi) is 6.09. The van der Waals surface area contributed by atoms with Gasteiger partial charge in [0, 0.05) is 12.0 Å². The molecular weight excluding hydrogens is 401 g/mol. The molecule has 1 aliphatic heterocycles. The Balaban J connectivity index is 1.84. The standard InChI is InChI=1S/C21H19F3N2O4/c1-2-17(27)13-7-9-14(10-8-13)30-12-20(29)26-16-6-4-3-5-15(16)25-19(28)11-18(26)21(22,23)24/h3-10,18H,2,11-12H2,1H3,(H,25,28). The van der Waals surface area contributed by atoms with Gasteiger partial charge in [0.1, 0.15) is 11.8 Å². The van der Waals surface area contributed by atoms with Gasteiger partial charge in [-0.1, -0.05) is 19.1 Å². The molecule has 9 heteroatoms. The summed E-state index contributed by atoms with van der Waals surface area (Å²) >= 11 is 0. The molecule has 1 atom stereocenters. The maximum Gasteiger partial charge on any atom is 0.409 e. The van der Waals surface area contributed by atoms with E-state index < -0.39 is 37.1 Å². The predicted molar refractivity (Wildman–Crippen MR) is 104 cm³/mol. The van der Waals surface area contributed by atoms with Crippen molar-refractivity contribution >= 4 is 29.0 Å². The number of hydrogen-bond acceptors (Lipinski definition) is 4. The highest BCUT2D eigenvalue weighted by atomic mass is 19.4. The van der Waals surface area contributed by atoms with Crippen molar-refractivity contribution in [3.8, 4) is 5.75 Å². The minimum atomic E-state index is -4.81. The lowest BCUT2D eigenvalue weighted by Crippen LogP contribution is -2.51. The first-order valence-electron chi connectivity index (χ1n) is 9.24. The van der Waals surface area contributed by atoms with E-state index in [1.54, 1.807) is 13.0 Å². The molecule has 1 unspecified atom stereocenters. The van der Waals surface area contributed by atoms with Crippen LogP contribution >= 0.6 is 0 Å². The summed E-state index contributed by atoms with van der Waals surface area (Å²) < 4.78 is 46.4. The molecule has 0 spiro atoms. The molecule has 158 valence electrons. The van der Waals surface area contributed by atoms with Gasteiger partial charge in [0.15, 0.2) is 12.4 Å². The van der Waals surface area contributed by atoms with Gasteiger partial charge in [0.05, 0.1) is 17.8 Å². The largest absolute Gasteiger partial charge is 0.484 e.